The number of nitrogens with two attached hydrogens (primary N) is 1. The van der Waals surface area contributed by atoms with Gasteiger partial charge in [0.1, 0.15) is 12.4 Å². The topological polar surface area (TPSA) is 58.8 Å². The van der Waals surface area contributed by atoms with Crippen LogP contribution in [-0.4, -0.2) is 61.6 Å². The Hall–Kier alpha value is -0.720. The van der Waals surface area contributed by atoms with Gasteiger partial charge in [-0.25, -0.2) is 0 Å². The molecule has 0 atom stereocenters. The number of hydrogen-bond acceptors (Lipinski definition) is 4. The van der Waals surface area contributed by atoms with E-state index in [2.05, 4.69) is 4.90 Å². The Morgan fingerprint density at radius 2 is 1.63 bits per heavy atom. The normalized spacial score (nSPS) is 14.2. The molecule has 0 radical (unpaired) electrons. The molecule has 1 saturated heterocycles. The number of carbonyl (C=O) groups is 1. The van der Waals surface area contributed by atoms with E-state index in [9.17, 15) is 4.79 Å². The Labute approximate surface area is 180 Å². The summed E-state index contributed by atoms with van der Waals surface area (Å²) in [5.41, 5.74) is 5.48. The summed E-state index contributed by atoms with van der Waals surface area (Å²) in [7, 11) is 0. The molecule has 27 heavy (non-hydrogen) atoms. The number of carbonyl (C=O) groups excluding carboxylic acids is 1. The van der Waals surface area contributed by atoms with E-state index >= 15 is 0 Å². The van der Waals surface area contributed by atoms with Gasteiger partial charge < -0.3 is 15.4 Å². The molecule has 156 valence electrons. The van der Waals surface area contributed by atoms with Crippen LogP contribution in [0.5, 0.6) is 5.75 Å². The third kappa shape index (κ3) is 10.4. The molecule has 1 aromatic rings. The van der Waals surface area contributed by atoms with E-state index in [0.29, 0.717) is 24.0 Å². The number of ether oxygens (including phenoxy) is 1. The van der Waals surface area contributed by atoms with Gasteiger partial charge >= 0.3 is 0 Å². The van der Waals surface area contributed by atoms with Crippen LogP contribution in [0.15, 0.2) is 24.3 Å². The molecule has 0 aliphatic carbocycles. The van der Waals surface area contributed by atoms with Crippen molar-refractivity contribution < 1.29 is 9.53 Å². The van der Waals surface area contributed by atoms with Gasteiger partial charge in [-0.05, 0) is 43.7 Å². The molecule has 1 amide bonds. The maximum atomic E-state index is 12.2. The zero-order chi connectivity index (χ0) is 17.9. The van der Waals surface area contributed by atoms with Crippen LogP contribution in [-0.2, 0) is 4.79 Å². The van der Waals surface area contributed by atoms with Crippen LogP contribution < -0.4 is 10.5 Å². The lowest BCUT2D eigenvalue weighted by molar-refractivity contribution is -0.133. The highest BCUT2D eigenvalue weighted by Crippen LogP contribution is 2.15. The van der Waals surface area contributed by atoms with Gasteiger partial charge in [0, 0.05) is 44.2 Å². The summed E-state index contributed by atoms with van der Waals surface area (Å²) in [6.45, 7) is 5.76. The summed E-state index contributed by atoms with van der Waals surface area (Å²) < 4.78 is 5.73. The first-order chi connectivity index (χ1) is 12.2. The maximum Gasteiger partial charge on any atom is 0.222 e. The van der Waals surface area contributed by atoms with Gasteiger partial charge in [-0.2, -0.15) is 0 Å². The summed E-state index contributed by atoms with van der Waals surface area (Å²) in [5.74, 6) is 1.14. The van der Waals surface area contributed by atoms with E-state index in [1.165, 1.54) is 0 Å². The van der Waals surface area contributed by atoms with Crippen molar-refractivity contribution in [2.45, 2.75) is 32.1 Å². The fraction of sp³-hybridized carbons (Fsp3) is 0.632. The van der Waals surface area contributed by atoms with Gasteiger partial charge in [0.15, 0.2) is 0 Å². The first kappa shape index (κ1) is 26.3. The van der Waals surface area contributed by atoms with Crippen LogP contribution in [0.25, 0.3) is 0 Å². The van der Waals surface area contributed by atoms with Crippen molar-refractivity contribution in [3.05, 3.63) is 29.3 Å². The Morgan fingerprint density at radius 3 is 2.26 bits per heavy atom. The smallest absolute Gasteiger partial charge is 0.222 e. The van der Waals surface area contributed by atoms with Crippen LogP contribution in [0.4, 0.5) is 0 Å². The Bertz CT molecular complexity index is 509. The lowest BCUT2D eigenvalue weighted by atomic mass is 10.1. The van der Waals surface area contributed by atoms with Crippen LogP contribution in [0, 0.1) is 0 Å². The summed E-state index contributed by atoms with van der Waals surface area (Å²) in [4.78, 5) is 16.6. The van der Waals surface area contributed by atoms with Crippen LogP contribution in [0.3, 0.4) is 0 Å². The van der Waals surface area contributed by atoms with E-state index in [4.69, 9.17) is 22.1 Å². The van der Waals surface area contributed by atoms with E-state index in [-0.39, 0.29) is 24.8 Å². The third-order valence-corrected chi connectivity index (χ3v) is 4.81. The Balaban J connectivity index is 0.00000338. The van der Waals surface area contributed by atoms with Gasteiger partial charge in [-0.1, -0.05) is 24.4 Å². The fourth-order valence-corrected chi connectivity index (χ4v) is 3.10. The molecule has 1 aromatic carbocycles. The van der Waals surface area contributed by atoms with Crippen molar-refractivity contribution in [3.8, 4) is 5.75 Å². The molecular weight excluding hydrogens is 409 g/mol. The van der Waals surface area contributed by atoms with Gasteiger partial charge in [-0.15, -0.1) is 24.8 Å². The third-order valence-electron chi connectivity index (χ3n) is 4.56. The molecule has 0 aromatic heterocycles. The van der Waals surface area contributed by atoms with Crippen LogP contribution >= 0.6 is 36.4 Å². The van der Waals surface area contributed by atoms with Crippen molar-refractivity contribution >= 4 is 42.3 Å². The molecule has 1 aliphatic rings. The first-order valence-electron chi connectivity index (χ1n) is 9.27. The summed E-state index contributed by atoms with van der Waals surface area (Å²) in [6.07, 6.45) is 4.94. The number of unbranched alkanes of at least 4 members (excludes halogenated alkanes) is 3. The molecular formula is C19H32Cl3N3O2. The lowest BCUT2D eigenvalue weighted by Crippen LogP contribution is -2.49. The first-order valence-corrected chi connectivity index (χ1v) is 9.65. The van der Waals surface area contributed by atoms with Crippen molar-refractivity contribution in [2.75, 3.05) is 45.9 Å². The number of nitrogens with zero attached hydrogens (tertiary/aromatic N) is 2. The van der Waals surface area contributed by atoms with Crippen LogP contribution in [0.2, 0.25) is 5.02 Å². The number of halogens is 3. The van der Waals surface area contributed by atoms with Crippen molar-refractivity contribution in [1.29, 1.82) is 0 Å². The van der Waals surface area contributed by atoms with Gasteiger partial charge in [0.25, 0.3) is 0 Å². The second kappa shape index (κ2) is 15.2. The predicted octanol–water partition coefficient (Wildman–Crippen LogP) is 3.62. The monoisotopic (exact) mass is 439 g/mol. The largest absolute Gasteiger partial charge is 0.492 e. The minimum atomic E-state index is 0. The van der Waals surface area contributed by atoms with Gasteiger partial charge in [0.2, 0.25) is 5.91 Å². The van der Waals surface area contributed by atoms with E-state index < -0.39 is 0 Å². The average Bonchev–Trinajstić information content (AvgIpc) is 2.63. The second-order valence-corrected chi connectivity index (χ2v) is 6.91. The molecule has 1 aliphatic heterocycles. The Morgan fingerprint density at radius 1 is 1.00 bits per heavy atom. The predicted molar refractivity (Wildman–Crippen MR) is 117 cm³/mol. The highest BCUT2D eigenvalue weighted by molar-refractivity contribution is 6.30. The summed E-state index contributed by atoms with van der Waals surface area (Å²) >= 11 is 5.86. The zero-order valence-electron chi connectivity index (χ0n) is 15.8. The zero-order valence-corrected chi connectivity index (χ0v) is 18.2. The van der Waals surface area contributed by atoms with E-state index in [1.807, 2.05) is 29.2 Å². The molecule has 0 bridgehead atoms. The molecule has 1 fully saturated rings. The molecule has 1 heterocycles. The van der Waals surface area contributed by atoms with Gasteiger partial charge in [0.05, 0.1) is 0 Å². The highest BCUT2D eigenvalue weighted by Gasteiger charge is 2.20. The van der Waals surface area contributed by atoms with E-state index in [1.54, 1.807) is 0 Å². The molecule has 0 unspecified atom stereocenters. The minimum absolute atomic E-state index is 0. The molecule has 2 rings (SSSR count). The number of hydrogen-bond donors (Lipinski definition) is 1. The van der Waals surface area contributed by atoms with Crippen molar-refractivity contribution in [1.82, 2.24) is 9.80 Å². The lowest BCUT2D eigenvalue weighted by Gasteiger charge is -2.34. The molecule has 2 N–H and O–H groups in total. The second-order valence-electron chi connectivity index (χ2n) is 6.48. The van der Waals surface area contributed by atoms with E-state index in [0.717, 1.165) is 70.7 Å². The number of piperazine rings is 1. The van der Waals surface area contributed by atoms with Crippen molar-refractivity contribution in [3.63, 3.8) is 0 Å². The minimum Gasteiger partial charge on any atom is -0.492 e. The fourth-order valence-electron chi connectivity index (χ4n) is 2.98. The Kier molecular flexibility index (Phi) is 14.8. The van der Waals surface area contributed by atoms with Crippen LogP contribution in [0.1, 0.15) is 32.1 Å². The highest BCUT2D eigenvalue weighted by atomic mass is 35.5. The standard InChI is InChI=1S/C19H30ClN3O2.2ClH/c20-17-6-8-18(9-7-17)25-16-15-22-11-13-23(14-12-22)19(24)5-3-1-2-4-10-21;;/h6-9H,1-5,10-16,21H2;2*1H. The van der Waals surface area contributed by atoms with Crippen molar-refractivity contribution in [2.24, 2.45) is 5.73 Å². The summed E-state index contributed by atoms with van der Waals surface area (Å²) in [5, 5.41) is 0.715. The summed E-state index contributed by atoms with van der Waals surface area (Å²) in [6, 6.07) is 7.42. The molecule has 8 heteroatoms. The number of amides is 1. The van der Waals surface area contributed by atoms with Gasteiger partial charge in [-0.3, -0.25) is 9.69 Å². The SMILES string of the molecule is Cl.Cl.NCCCCCCC(=O)N1CCN(CCOc2ccc(Cl)cc2)CC1. The number of rotatable bonds is 10. The molecule has 0 saturated carbocycles. The quantitative estimate of drug-likeness (QED) is 0.565. The average molecular weight is 441 g/mol. The molecule has 0 spiro atoms. The maximum absolute atomic E-state index is 12.2. The molecule has 5 nitrogen and oxygen atoms in total. The number of benzene rings is 1.